The van der Waals surface area contributed by atoms with Crippen molar-refractivity contribution >= 4 is 10.9 Å². The highest BCUT2D eigenvalue weighted by molar-refractivity contribution is 5.81. The Morgan fingerprint density at radius 2 is 2.08 bits per heavy atom. The number of likely N-dealkylation sites (tertiary alicyclic amines) is 1. The Morgan fingerprint density at radius 1 is 1.20 bits per heavy atom. The fourth-order valence-electron chi connectivity index (χ4n) is 3.81. The zero-order chi connectivity index (χ0) is 17.2. The summed E-state index contributed by atoms with van der Waals surface area (Å²) in [7, 11) is 1.94. The van der Waals surface area contributed by atoms with E-state index in [-0.39, 0.29) is 6.61 Å². The molecule has 6 nitrogen and oxygen atoms in total. The molecule has 0 aliphatic carbocycles. The normalized spacial score (nSPS) is 18.7. The molecule has 1 aliphatic heterocycles. The zero-order valence-electron chi connectivity index (χ0n) is 14.5. The third-order valence-electron chi connectivity index (χ3n) is 5.14. The van der Waals surface area contributed by atoms with Gasteiger partial charge in [0, 0.05) is 37.6 Å². The van der Waals surface area contributed by atoms with Gasteiger partial charge in [-0.2, -0.15) is 0 Å². The van der Waals surface area contributed by atoms with Crippen molar-refractivity contribution in [2.75, 3.05) is 13.1 Å². The van der Waals surface area contributed by atoms with Gasteiger partial charge < -0.3 is 9.67 Å². The van der Waals surface area contributed by atoms with Gasteiger partial charge >= 0.3 is 0 Å². The number of benzene rings is 1. The van der Waals surface area contributed by atoms with E-state index in [4.69, 9.17) is 0 Å². The maximum atomic E-state index is 9.34. The molecule has 1 saturated heterocycles. The van der Waals surface area contributed by atoms with E-state index < -0.39 is 0 Å². The number of aliphatic hydroxyl groups excluding tert-OH is 1. The fourth-order valence-corrected chi connectivity index (χ4v) is 3.81. The molecular formula is C19H23N5O. The second-order valence-electron chi connectivity index (χ2n) is 6.75. The number of aromatic nitrogens is 4. The van der Waals surface area contributed by atoms with Crippen LogP contribution in [0.4, 0.5) is 0 Å². The fraction of sp³-hybridized carbons (Fsp3) is 0.421. The second-order valence-corrected chi connectivity index (χ2v) is 6.75. The molecule has 0 saturated carbocycles. The lowest BCUT2D eigenvalue weighted by Crippen LogP contribution is -2.35. The average molecular weight is 337 g/mol. The number of hydrogen-bond acceptors (Lipinski definition) is 5. The van der Waals surface area contributed by atoms with Gasteiger partial charge in [0.05, 0.1) is 5.52 Å². The van der Waals surface area contributed by atoms with Crippen LogP contribution in [0.1, 0.15) is 36.0 Å². The van der Waals surface area contributed by atoms with Gasteiger partial charge in [0.2, 0.25) is 0 Å². The van der Waals surface area contributed by atoms with Crippen molar-refractivity contribution < 1.29 is 5.11 Å². The maximum absolute atomic E-state index is 9.34. The van der Waals surface area contributed by atoms with Crippen LogP contribution in [0.3, 0.4) is 0 Å². The van der Waals surface area contributed by atoms with E-state index in [0.29, 0.717) is 11.7 Å². The summed E-state index contributed by atoms with van der Waals surface area (Å²) >= 11 is 0. The molecule has 1 fully saturated rings. The number of aliphatic hydroxyl groups is 1. The number of piperidine rings is 1. The van der Waals surface area contributed by atoms with Crippen molar-refractivity contribution in [3.63, 3.8) is 0 Å². The van der Waals surface area contributed by atoms with E-state index in [0.717, 1.165) is 43.8 Å². The highest BCUT2D eigenvalue weighted by atomic mass is 16.3. The molecule has 1 atom stereocenters. The van der Waals surface area contributed by atoms with E-state index in [1.54, 1.807) is 0 Å². The standard InChI is InChI=1S/C19H23N5O/c1-23-18(13-25)21-22-19(23)15-5-4-10-24(12-15)11-14-8-9-20-17-7-3-2-6-16(14)17/h2-3,6-9,15,25H,4-5,10-13H2,1H3/t15-/m1/s1. The van der Waals surface area contributed by atoms with Gasteiger partial charge in [0.15, 0.2) is 5.82 Å². The first-order valence-electron chi connectivity index (χ1n) is 8.80. The summed E-state index contributed by atoms with van der Waals surface area (Å²) < 4.78 is 1.94. The molecule has 3 aromatic rings. The third-order valence-corrected chi connectivity index (χ3v) is 5.14. The molecule has 0 radical (unpaired) electrons. The molecule has 0 amide bonds. The minimum absolute atomic E-state index is 0.0665. The van der Waals surface area contributed by atoms with Gasteiger partial charge in [0.1, 0.15) is 12.4 Å². The molecule has 6 heteroatoms. The number of hydrogen-bond donors (Lipinski definition) is 1. The lowest BCUT2D eigenvalue weighted by atomic mass is 9.96. The Hall–Kier alpha value is -2.31. The van der Waals surface area contributed by atoms with Crippen LogP contribution in [0, 0.1) is 0 Å². The second kappa shape index (κ2) is 6.90. The smallest absolute Gasteiger partial charge is 0.158 e. The number of para-hydroxylation sites is 1. The number of pyridine rings is 1. The van der Waals surface area contributed by atoms with Crippen molar-refractivity contribution in [3.05, 3.63) is 53.7 Å². The van der Waals surface area contributed by atoms with Gasteiger partial charge in [-0.3, -0.25) is 9.88 Å². The lowest BCUT2D eigenvalue weighted by Gasteiger charge is -2.32. The van der Waals surface area contributed by atoms with E-state index in [1.807, 2.05) is 23.9 Å². The van der Waals surface area contributed by atoms with E-state index >= 15 is 0 Å². The van der Waals surface area contributed by atoms with Crippen LogP contribution < -0.4 is 0 Å². The monoisotopic (exact) mass is 337 g/mol. The van der Waals surface area contributed by atoms with Crippen LogP contribution >= 0.6 is 0 Å². The maximum Gasteiger partial charge on any atom is 0.158 e. The third kappa shape index (κ3) is 3.15. The molecule has 25 heavy (non-hydrogen) atoms. The Balaban J connectivity index is 1.54. The van der Waals surface area contributed by atoms with Crippen molar-refractivity contribution in [1.82, 2.24) is 24.6 Å². The summed E-state index contributed by atoms with van der Waals surface area (Å²) in [5.41, 5.74) is 2.37. The van der Waals surface area contributed by atoms with Crippen LogP contribution in [0.15, 0.2) is 36.5 Å². The van der Waals surface area contributed by atoms with Crippen LogP contribution in [-0.2, 0) is 20.2 Å². The van der Waals surface area contributed by atoms with Crippen LogP contribution in [0.5, 0.6) is 0 Å². The summed E-state index contributed by atoms with van der Waals surface area (Å²) in [6, 6.07) is 10.4. The Bertz CT molecular complexity index is 870. The molecular weight excluding hydrogens is 314 g/mol. The summed E-state index contributed by atoms with van der Waals surface area (Å²) in [4.78, 5) is 6.95. The molecule has 4 rings (SSSR count). The van der Waals surface area contributed by atoms with Crippen LogP contribution in [0.25, 0.3) is 10.9 Å². The molecule has 1 aromatic carbocycles. The van der Waals surface area contributed by atoms with Gasteiger partial charge in [-0.1, -0.05) is 18.2 Å². The first kappa shape index (κ1) is 16.2. The molecule has 1 aliphatic rings. The average Bonchev–Trinajstić information content (AvgIpc) is 3.03. The van der Waals surface area contributed by atoms with E-state index in [2.05, 4.69) is 44.3 Å². The number of fused-ring (bicyclic) bond motifs is 1. The molecule has 3 heterocycles. The van der Waals surface area contributed by atoms with E-state index in [9.17, 15) is 5.11 Å². The lowest BCUT2D eigenvalue weighted by molar-refractivity contribution is 0.195. The highest BCUT2D eigenvalue weighted by Gasteiger charge is 2.26. The first-order valence-corrected chi connectivity index (χ1v) is 8.80. The molecule has 0 spiro atoms. The Morgan fingerprint density at radius 3 is 2.92 bits per heavy atom. The summed E-state index contributed by atoms with van der Waals surface area (Å²) in [5.74, 6) is 1.97. The minimum atomic E-state index is -0.0665. The highest BCUT2D eigenvalue weighted by Crippen LogP contribution is 2.27. The molecule has 1 N–H and O–H groups in total. The predicted octanol–water partition coefficient (Wildman–Crippen LogP) is 2.24. The summed E-state index contributed by atoms with van der Waals surface area (Å²) in [6.07, 6.45) is 4.16. The minimum Gasteiger partial charge on any atom is -0.388 e. The van der Waals surface area contributed by atoms with Crippen molar-refractivity contribution in [3.8, 4) is 0 Å². The molecule has 130 valence electrons. The van der Waals surface area contributed by atoms with Gasteiger partial charge in [0.25, 0.3) is 0 Å². The summed E-state index contributed by atoms with van der Waals surface area (Å²) in [5, 5.41) is 19.0. The van der Waals surface area contributed by atoms with Crippen LogP contribution in [-0.4, -0.2) is 42.8 Å². The van der Waals surface area contributed by atoms with Crippen molar-refractivity contribution in [2.24, 2.45) is 7.05 Å². The number of rotatable bonds is 4. The molecule has 0 bridgehead atoms. The number of nitrogens with zero attached hydrogens (tertiary/aromatic N) is 5. The SMILES string of the molecule is Cn1c(CO)nnc1[C@@H]1CCCN(Cc2ccnc3ccccc23)C1. The Labute approximate surface area is 147 Å². The molecule has 0 unspecified atom stereocenters. The zero-order valence-corrected chi connectivity index (χ0v) is 14.5. The summed E-state index contributed by atoms with van der Waals surface area (Å²) in [6.45, 7) is 2.92. The topological polar surface area (TPSA) is 67.1 Å². The predicted molar refractivity (Wildman–Crippen MR) is 95.9 cm³/mol. The Kier molecular flexibility index (Phi) is 4.46. The first-order chi connectivity index (χ1) is 12.3. The van der Waals surface area contributed by atoms with Crippen molar-refractivity contribution in [2.45, 2.75) is 31.9 Å². The van der Waals surface area contributed by atoms with E-state index in [1.165, 1.54) is 10.9 Å². The van der Waals surface area contributed by atoms with Crippen molar-refractivity contribution in [1.29, 1.82) is 0 Å². The molecule has 2 aromatic heterocycles. The van der Waals surface area contributed by atoms with Gasteiger partial charge in [-0.15, -0.1) is 10.2 Å². The van der Waals surface area contributed by atoms with Gasteiger partial charge in [-0.05, 0) is 37.1 Å². The van der Waals surface area contributed by atoms with Crippen LogP contribution in [0.2, 0.25) is 0 Å². The largest absolute Gasteiger partial charge is 0.388 e. The quantitative estimate of drug-likeness (QED) is 0.791. The van der Waals surface area contributed by atoms with Gasteiger partial charge in [-0.25, -0.2) is 0 Å².